The lowest BCUT2D eigenvalue weighted by molar-refractivity contribution is -0.156. The second kappa shape index (κ2) is 7.71. The highest BCUT2D eigenvalue weighted by Gasteiger charge is 2.11. The van der Waals surface area contributed by atoms with Crippen LogP contribution in [0, 0.1) is 0 Å². The van der Waals surface area contributed by atoms with Crippen molar-refractivity contribution in [3.63, 3.8) is 0 Å². The first kappa shape index (κ1) is 14.5. The number of hydrogen-bond acceptors (Lipinski definition) is 7. The van der Waals surface area contributed by atoms with E-state index in [2.05, 4.69) is 31.1 Å². The monoisotopic (exact) mass is 243 g/mol. The van der Waals surface area contributed by atoms with Gasteiger partial charge in [-0.1, -0.05) is 0 Å². The molecule has 92 valence electrons. The Hall–Kier alpha value is -2.54. The highest BCUT2D eigenvalue weighted by molar-refractivity contribution is 6.32. The highest BCUT2D eigenvalue weighted by Crippen LogP contribution is 1.98. The second-order valence-corrected chi connectivity index (χ2v) is 2.51. The van der Waals surface area contributed by atoms with Gasteiger partial charge in [-0.25, -0.2) is 9.59 Å². The van der Waals surface area contributed by atoms with Crippen LogP contribution in [-0.2, 0) is 28.7 Å². The molecular formula is C8H9N3O6. The molecule has 0 saturated carbocycles. The molecule has 9 nitrogen and oxygen atoms in total. The summed E-state index contributed by atoms with van der Waals surface area (Å²) in [6.45, 7) is 3.60. The van der Waals surface area contributed by atoms with Crippen molar-refractivity contribution in [2.45, 2.75) is 6.92 Å². The van der Waals surface area contributed by atoms with Gasteiger partial charge in [0.2, 0.25) is 11.5 Å². The molecule has 0 aliphatic carbocycles. The fourth-order valence-corrected chi connectivity index (χ4v) is 0.556. The Bertz CT molecular complexity index is 385. The molecule has 0 radical (unpaired) electrons. The third-order valence-corrected chi connectivity index (χ3v) is 1.25. The number of azide groups is 1. The molecule has 0 rings (SSSR count). The molecule has 0 amide bonds. The highest BCUT2D eigenvalue weighted by atomic mass is 16.7. The maximum atomic E-state index is 11.0. The van der Waals surface area contributed by atoms with E-state index in [-0.39, 0.29) is 13.2 Å². The third-order valence-electron chi connectivity index (χ3n) is 1.25. The van der Waals surface area contributed by atoms with E-state index in [0.29, 0.717) is 0 Å². The number of rotatable bonds is 7. The van der Waals surface area contributed by atoms with Gasteiger partial charge in [-0.2, -0.15) is 0 Å². The van der Waals surface area contributed by atoms with Gasteiger partial charge in [0.15, 0.2) is 0 Å². The zero-order chi connectivity index (χ0) is 13.3. The summed E-state index contributed by atoms with van der Waals surface area (Å²) in [5, 5.41) is 2.62. The molecule has 0 unspecified atom stereocenters. The molecule has 0 atom stereocenters. The van der Waals surface area contributed by atoms with Crippen molar-refractivity contribution < 1.29 is 28.7 Å². The largest absolute Gasteiger partial charge is 0.456 e. The van der Waals surface area contributed by atoms with Crippen LogP contribution >= 0.6 is 0 Å². The van der Waals surface area contributed by atoms with Gasteiger partial charge < -0.3 is 14.3 Å². The van der Waals surface area contributed by atoms with Gasteiger partial charge in [0, 0.05) is 11.8 Å². The minimum Gasteiger partial charge on any atom is -0.456 e. The molecule has 0 bridgehead atoms. The molecule has 0 saturated heterocycles. The van der Waals surface area contributed by atoms with Gasteiger partial charge in [0.25, 0.3) is 0 Å². The number of carbonyl (C=O) groups excluding carboxylic acids is 3. The molecule has 0 aromatic heterocycles. The molecule has 0 aliphatic heterocycles. The van der Waals surface area contributed by atoms with Gasteiger partial charge in [-0.3, -0.25) is 4.79 Å². The van der Waals surface area contributed by atoms with E-state index in [1.54, 1.807) is 0 Å². The van der Waals surface area contributed by atoms with Crippen LogP contribution in [0.1, 0.15) is 6.92 Å². The van der Waals surface area contributed by atoms with Gasteiger partial charge in [-0.15, -0.1) is 0 Å². The summed E-state index contributed by atoms with van der Waals surface area (Å²) < 4.78 is 8.89. The lowest BCUT2D eigenvalue weighted by atomic mass is 10.5. The van der Waals surface area contributed by atoms with Gasteiger partial charge >= 0.3 is 11.9 Å². The Kier molecular flexibility index (Phi) is 6.56. The summed E-state index contributed by atoms with van der Waals surface area (Å²) in [7, 11) is 0. The van der Waals surface area contributed by atoms with Crippen molar-refractivity contribution in [2.24, 2.45) is 5.28 Å². The van der Waals surface area contributed by atoms with Crippen LogP contribution < -0.4 is 0 Å². The van der Waals surface area contributed by atoms with Crippen LogP contribution in [0.5, 0.6) is 0 Å². The van der Waals surface area contributed by atoms with Gasteiger partial charge in [0.1, 0.15) is 18.5 Å². The lowest BCUT2D eigenvalue weighted by Gasteiger charge is -2.05. The summed E-state index contributed by atoms with van der Waals surface area (Å²) in [5.74, 6) is -3.27. The van der Waals surface area contributed by atoms with E-state index in [1.165, 1.54) is 0 Å². The lowest BCUT2D eigenvalue weighted by Crippen LogP contribution is -2.18. The second-order valence-electron chi connectivity index (χ2n) is 2.51. The molecule has 0 fully saturated rings. The van der Waals surface area contributed by atoms with Crippen LogP contribution in [0.4, 0.5) is 0 Å². The SMILES string of the molecule is C=C(ON=[N+]=[N-])C(=O)OCCOC(=O)C(C)=O. The summed E-state index contributed by atoms with van der Waals surface area (Å²) in [6, 6.07) is 0. The fraction of sp³-hybridized carbons (Fsp3) is 0.375. The van der Waals surface area contributed by atoms with Crippen molar-refractivity contribution in [3.05, 3.63) is 22.8 Å². The minimum absolute atomic E-state index is 0.279. The Morgan fingerprint density at radius 1 is 1.24 bits per heavy atom. The Morgan fingerprint density at radius 3 is 2.24 bits per heavy atom. The summed E-state index contributed by atoms with van der Waals surface area (Å²) in [4.78, 5) is 38.4. The number of nitrogens with zero attached hydrogens (tertiary/aromatic N) is 3. The topological polar surface area (TPSA) is 128 Å². The van der Waals surface area contributed by atoms with Crippen molar-refractivity contribution >= 4 is 17.7 Å². The number of ketones is 1. The van der Waals surface area contributed by atoms with E-state index >= 15 is 0 Å². The molecular weight excluding hydrogens is 234 g/mol. The summed E-state index contributed by atoms with van der Waals surface area (Å²) >= 11 is 0. The maximum absolute atomic E-state index is 11.0. The van der Waals surface area contributed by atoms with Crippen molar-refractivity contribution in [2.75, 3.05) is 13.2 Å². The van der Waals surface area contributed by atoms with Crippen LogP contribution in [0.15, 0.2) is 17.6 Å². The third kappa shape index (κ3) is 6.52. The quantitative estimate of drug-likeness (QED) is 0.0733. The van der Waals surface area contributed by atoms with Crippen molar-refractivity contribution in [3.8, 4) is 0 Å². The Balaban J connectivity index is 3.78. The van der Waals surface area contributed by atoms with Gasteiger partial charge in [-0.05, 0) is 12.1 Å². The molecule has 17 heavy (non-hydrogen) atoms. The fourth-order valence-electron chi connectivity index (χ4n) is 0.556. The van der Waals surface area contributed by atoms with Crippen LogP contribution in [0.3, 0.4) is 0 Å². The Labute approximate surface area is 95.5 Å². The molecule has 0 spiro atoms. The minimum atomic E-state index is -1.02. The first-order valence-corrected chi connectivity index (χ1v) is 4.24. The van der Waals surface area contributed by atoms with Gasteiger partial charge in [0.05, 0.1) is 0 Å². The van der Waals surface area contributed by atoms with Crippen molar-refractivity contribution in [1.82, 2.24) is 0 Å². The number of ether oxygens (including phenoxy) is 2. The molecule has 0 aliphatic rings. The van der Waals surface area contributed by atoms with E-state index in [4.69, 9.17) is 5.53 Å². The zero-order valence-electron chi connectivity index (χ0n) is 8.91. The Morgan fingerprint density at radius 2 is 1.76 bits per heavy atom. The summed E-state index contributed by atoms with van der Waals surface area (Å²) in [6.07, 6.45) is 0. The normalized spacial score (nSPS) is 8.53. The first-order valence-electron chi connectivity index (χ1n) is 4.24. The molecule has 0 N–H and O–H groups in total. The summed E-state index contributed by atoms with van der Waals surface area (Å²) in [5.41, 5.74) is 7.87. The van der Waals surface area contributed by atoms with E-state index in [1.807, 2.05) is 0 Å². The molecule has 0 aromatic rings. The maximum Gasteiger partial charge on any atom is 0.374 e. The first-order chi connectivity index (χ1) is 7.99. The van der Waals surface area contributed by atoms with E-state index < -0.39 is 23.5 Å². The molecule has 9 heteroatoms. The van der Waals surface area contributed by atoms with E-state index in [9.17, 15) is 14.4 Å². The smallest absolute Gasteiger partial charge is 0.374 e. The average Bonchev–Trinajstić information content (AvgIpc) is 2.30. The van der Waals surface area contributed by atoms with Crippen molar-refractivity contribution in [1.29, 1.82) is 0 Å². The molecule has 0 heterocycles. The standard InChI is InChI=1S/C8H9N3O6/c1-5(12)7(13)15-3-4-16-8(14)6(2)17-11-10-9/h2-4H2,1H3. The number of esters is 2. The predicted molar refractivity (Wildman–Crippen MR) is 52.0 cm³/mol. The van der Waals surface area contributed by atoms with Crippen LogP contribution in [0.25, 0.3) is 10.4 Å². The van der Waals surface area contributed by atoms with E-state index in [0.717, 1.165) is 6.92 Å². The molecule has 0 aromatic carbocycles. The average molecular weight is 243 g/mol. The number of carbonyl (C=O) groups is 3. The zero-order valence-corrected chi connectivity index (χ0v) is 8.91. The number of hydrogen-bond donors (Lipinski definition) is 0. The van der Waals surface area contributed by atoms with Crippen LogP contribution in [-0.4, -0.2) is 30.9 Å². The van der Waals surface area contributed by atoms with Crippen LogP contribution in [0.2, 0.25) is 0 Å². The number of Topliss-reactive ketones (excluding diaryl/α,β-unsaturated/α-hetero) is 1. The predicted octanol–water partition coefficient (Wildman–Crippen LogP) is 0.417.